The Hall–Kier alpha value is -1.20. The van der Waals surface area contributed by atoms with Crippen LogP contribution in [0.2, 0.25) is 0 Å². The highest BCUT2D eigenvalue weighted by Gasteiger charge is 2.05. The summed E-state index contributed by atoms with van der Waals surface area (Å²) in [6.45, 7) is 0. The van der Waals surface area contributed by atoms with Gasteiger partial charge < -0.3 is 14.8 Å². The van der Waals surface area contributed by atoms with Crippen molar-refractivity contribution in [3.8, 4) is 5.75 Å². The van der Waals surface area contributed by atoms with E-state index in [2.05, 4.69) is 0 Å². The van der Waals surface area contributed by atoms with Crippen LogP contribution in [0.1, 0.15) is 10.4 Å². The highest BCUT2D eigenvalue weighted by atomic mass is 32.2. The zero-order valence-electron chi connectivity index (χ0n) is 7.93. The summed E-state index contributed by atoms with van der Waals surface area (Å²) in [5.41, 5.74) is -0.0671. The van der Waals surface area contributed by atoms with E-state index in [0.29, 0.717) is 0 Å². The predicted molar refractivity (Wildman–Crippen MR) is 55.1 cm³/mol. The molecule has 0 amide bonds. The third-order valence-electron chi connectivity index (χ3n) is 1.13. The second kappa shape index (κ2) is 6.28. The number of carboxylic acids is 1. The first-order valence-corrected chi connectivity index (χ1v) is 5.68. The molecule has 1 aromatic rings. The average molecular weight is 216 g/mol. The Labute approximate surface area is 85.4 Å². The van der Waals surface area contributed by atoms with Gasteiger partial charge in [0.2, 0.25) is 0 Å². The fourth-order valence-electron chi connectivity index (χ4n) is 0.654. The van der Waals surface area contributed by atoms with E-state index in [0.717, 1.165) is 0 Å². The van der Waals surface area contributed by atoms with Gasteiger partial charge in [-0.25, -0.2) is 4.79 Å². The van der Waals surface area contributed by atoms with E-state index in [-0.39, 0.29) is 11.3 Å². The number of carbonyl (C=O) groups is 1. The Kier molecular flexibility index (Phi) is 5.74. The number of para-hydroxylation sites is 1. The lowest BCUT2D eigenvalue weighted by molar-refractivity contribution is 0.0693. The van der Waals surface area contributed by atoms with Gasteiger partial charge in [0, 0.05) is 0 Å². The molecule has 78 valence electrons. The molecule has 0 atom stereocenters. The Morgan fingerprint density at radius 1 is 1.36 bits per heavy atom. The van der Waals surface area contributed by atoms with Gasteiger partial charge in [-0.05, 0) is 12.1 Å². The topological polar surface area (TPSA) is 80.6 Å². The van der Waals surface area contributed by atoms with Crippen LogP contribution in [0.4, 0.5) is 0 Å². The van der Waals surface area contributed by atoms with E-state index >= 15 is 0 Å². The molecule has 0 saturated carbocycles. The lowest BCUT2D eigenvalue weighted by Gasteiger charge is -1.95. The Morgan fingerprint density at radius 2 is 1.79 bits per heavy atom. The zero-order chi connectivity index (χ0) is 11.1. The lowest BCUT2D eigenvalue weighted by Crippen LogP contribution is -1.95. The van der Waals surface area contributed by atoms with Crippen molar-refractivity contribution in [3.63, 3.8) is 0 Å². The standard InChI is InChI=1S/C7H6O3.C2H6OS/c8-6-4-2-1-3-5(6)7(9)10;1-4(2)3/h1-4,8H,(H,9,10);1-2H3. The summed E-state index contributed by atoms with van der Waals surface area (Å²) in [5, 5.41) is 17.3. The van der Waals surface area contributed by atoms with Crippen molar-refractivity contribution in [2.45, 2.75) is 0 Å². The van der Waals surface area contributed by atoms with Crippen LogP contribution in [0.3, 0.4) is 0 Å². The molecule has 0 fully saturated rings. The molecule has 2 N–H and O–H groups in total. The van der Waals surface area contributed by atoms with Gasteiger partial charge in [-0.15, -0.1) is 0 Å². The van der Waals surface area contributed by atoms with E-state index in [1.165, 1.54) is 12.1 Å². The monoisotopic (exact) mass is 216 g/mol. The maximum Gasteiger partial charge on any atom is 0.339 e. The quantitative estimate of drug-likeness (QED) is 0.688. The number of hydrogen-bond acceptors (Lipinski definition) is 3. The van der Waals surface area contributed by atoms with Gasteiger partial charge in [0.25, 0.3) is 0 Å². The summed E-state index contributed by atoms with van der Waals surface area (Å²) >= 11 is -0.611. The van der Waals surface area contributed by atoms with Crippen LogP contribution in [0.15, 0.2) is 24.3 Å². The molecule has 0 aliphatic carbocycles. The predicted octanol–water partition coefficient (Wildman–Crippen LogP) is 1.09. The van der Waals surface area contributed by atoms with Crippen LogP contribution in [0.25, 0.3) is 0 Å². The number of hydrogen-bond donors (Lipinski definition) is 2. The molecule has 0 aliphatic rings. The fraction of sp³-hybridized carbons (Fsp3) is 0.222. The van der Waals surface area contributed by atoms with Crippen molar-refractivity contribution in [2.75, 3.05) is 12.5 Å². The van der Waals surface area contributed by atoms with Crippen molar-refractivity contribution < 1.29 is 19.6 Å². The molecule has 1 aromatic carbocycles. The minimum atomic E-state index is -1.11. The van der Waals surface area contributed by atoms with E-state index in [9.17, 15) is 9.35 Å². The van der Waals surface area contributed by atoms with Crippen LogP contribution >= 0.6 is 0 Å². The lowest BCUT2D eigenvalue weighted by atomic mass is 10.2. The Morgan fingerprint density at radius 3 is 2.07 bits per heavy atom. The van der Waals surface area contributed by atoms with Crippen molar-refractivity contribution in [3.05, 3.63) is 29.8 Å². The molecule has 0 saturated heterocycles. The van der Waals surface area contributed by atoms with Gasteiger partial charge in [0.15, 0.2) is 0 Å². The number of carboxylic acid groups (broad SMARTS) is 1. The molecule has 0 radical (unpaired) electrons. The van der Waals surface area contributed by atoms with E-state index < -0.39 is 17.1 Å². The molecular weight excluding hydrogens is 204 g/mol. The molecule has 0 aliphatic heterocycles. The number of phenols is 1. The summed E-state index contributed by atoms with van der Waals surface area (Å²) in [6.07, 6.45) is 3.28. The maximum atomic E-state index is 10.3. The largest absolute Gasteiger partial charge is 0.617 e. The summed E-state index contributed by atoms with van der Waals surface area (Å²) in [7, 11) is 0. The third kappa shape index (κ3) is 5.45. The van der Waals surface area contributed by atoms with Crippen molar-refractivity contribution in [1.82, 2.24) is 0 Å². The van der Waals surface area contributed by atoms with Gasteiger partial charge in [0.1, 0.15) is 11.3 Å². The summed E-state index contributed by atoms with van der Waals surface area (Å²) in [6, 6.07) is 5.81. The van der Waals surface area contributed by atoms with E-state index in [1.807, 2.05) is 0 Å². The highest BCUT2D eigenvalue weighted by Crippen LogP contribution is 2.14. The Bertz CT molecular complexity index is 296. The zero-order valence-corrected chi connectivity index (χ0v) is 8.75. The second-order valence-electron chi connectivity index (χ2n) is 2.56. The van der Waals surface area contributed by atoms with Crippen LogP contribution in [0, 0.1) is 0 Å². The number of aromatic hydroxyl groups is 1. The molecule has 5 heteroatoms. The first kappa shape index (κ1) is 12.8. The molecule has 4 nitrogen and oxygen atoms in total. The molecule has 1 rings (SSSR count). The van der Waals surface area contributed by atoms with Gasteiger partial charge in [-0.1, -0.05) is 23.3 Å². The van der Waals surface area contributed by atoms with Crippen molar-refractivity contribution in [2.24, 2.45) is 0 Å². The molecular formula is C9H12O4S. The minimum Gasteiger partial charge on any atom is -0.617 e. The summed E-state index contributed by atoms with van der Waals surface area (Å²) in [4.78, 5) is 10.3. The summed E-state index contributed by atoms with van der Waals surface area (Å²) in [5.74, 6) is -1.31. The molecule has 0 aromatic heterocycles. The second-order valence-corrected chi connectivity index (χ2v) is 4.05. The van der Waals surface area contributed by atoms with Crippen molar-refractivity contribution >= 4 is 17.1 Å². The number of benzene rings is 1. The van der Waals surface area contributed by atoms with Crippen molar-refractivity contribution in [1.29, 1.82) is 0 Å². The molecule has 0 heterocycles. The van der Waals surface area contributed by atoms with Gasteiger partial charge in [-0.3, -0.25) is 0 Å². The maximum absolute atomic E-state index is 10.3. The normalized spacial score (nSPS) is 9.14. The first-order chi connectivity index (χ1) is 6.45. The third-order valence-corrected chi connectivity index (χ3v) is 1.13. The average Bonchev–Trinajstić information content (AvgIpc) is 2.03. The van der Waals surface area contributed by atoms with E-state index in [1.54, 1.807) is 24.6 Å². The molecule has 0 spiro atoms. The SMILES string of the molecule is C[S+](C)[O-].O=C(O)c1ccccc1O. The van der Waals surface area contributed by atoms with Crippen LogP contribution < -0.4 is 0 Å². The smallest absolute Gasteiger partial charge is 0.339 e. The van der Waals surface area contributed by atoms with Crippen LogP contribution in [-0.2, 0) is 11.2 Å². The fourth-order valence-corrected chi connectivity index (χ4v) is 0.654. The Balaban J connectivity index is 0.000000364. The number of aromatic carboxylic acids is 1. The van der Waals surface area contributed by atoms with E-state index in [4.69, 9.17) is 10.2 Å². The molecule has 0 unspecified atom stereocenters. The highest BCUT2D eigenvalue weighted by molar-refractivity contribution is 7.89. The van der Waals surface area contributed by atoms with Gasteiger partial charge in [-0.2, -0.15) is 0 Å². The summed E-state index contributed by atoms with van der Waals surface area (Å²) < 4.78 is 9.56. The first-order valence-electron chi connectivity index (χ1n) is 3.71. The molecule has 14 heavy (non-hydrogen) atoms. The van der Waals surface area contributed by atoms with Gasteiger partial charge in [0.05, 0.1) is 12.5 Å². The minimum absolute atomic E-state index is 0.0671. The molecule has 0 bridgehead atoms. The van der Waals surface area contributed by atoms with Crippen LogP contribution in [-0.4, -0.2) is 33.2 Å². The van der Waals surface area contributed by atoms with Gasteiger partial charge >= 0.3 is 5.97 Å². The van der Waals surface area contributed by atoms with Crippen LogP contribution in [0.5, 0.6) is 5.75 Å². The number of rotatable bonds is 1.